The fraction of sp³-hybridized carbons (Fsp3) is 0.244. The Morgan fingerprint density at radius 1 is 0.568 bits per heavy atom. The summed E-state index contributed by atoms with van der Waals surface area (Å²) in [4.78, 5) is 0. The standard InChI is InChI=1S/C23H29.C13H10.C5H5.2ClH.Hf/c1-14-9-16-11-17-10-15(2)21(23(6,7)8)13-19(17)18(16)12-20(14)22(3,4)5;1-3-7-12(8-4-1)11-13-9-5-2-6-10-13;1-2-4-5-3-1;;;/h9-13H,1-8H3;1-10H;1-5H;2*1H;/q-1;;-1;;;+2/p-2. The molecule has 44 heavy (non-hydrogen) atoms. The first-order valence-electron chi connectivity index (χ1n) is 15.3. The molecular formula is C41H44Cl2Hf-2. The molecule has 0 nitrogen and oxygen atoms in total. The SMILES string of the molecule is Cc1cc2[cH-]c3cc(C)c(C(C)(C)C)cc3c2cc1C(C)(C)C.[Cl][Hf]([Cl])=[C](c1ccccc1)c1ccccc1.c1cc[cH-]c1. The predicted octanol–water partition coefficient (Wildman–Crippen LogP) is 12.5. The summed E-state index contributed by atoms with van der Waals surface area (Å²) in [6.45, 7) is 18.3. The molecule has 0 aliphatic heterocycles. The average molecular weight is 786 g/mol. The zero-order valence-corrected chi connectivity index (χ0v) is 32.4. The third-order valence-corrected chi connectivity index (χ3v) is 14.4. The Hall–Kier alpha value is -2.58. The number of fused-ring (bicyclic) bond motifs is 3. The monoisotopic (exact) mass is 786 g/mol. The van der Waals surface area contributed by atoms with Gasteiger partial charge >= 0.3 is 111 Å². The van der Waals surface area contributed by atoms with Crippen molar-refractivity contribution in [1.29, 1.82) is 0 Å². The van der Waals surface area contributed by atoms with Crippen molar-refractivity contribution in [2.24, 2.45) is 0 Å². The molecule has 0 spiro atoms. The van der Waals surface area contributed by atoms with E-state index in [0.29, 0.717) is 0 Å². The van der Waals surface area contributed by atoms with Gasteiger partial charge in [-0.25, -0.2) is 12.1 Å². The molecule has 228 valence electrons. The van der Waals surface area contributed by atoms with E-state index in [0.717, 1.165) is 14.4 Å². The minimum absolute atomic E-state index is 0.180. The number of rotatable bonds is 2. The first-order valence-corrected chi connectivity index (χ1v) is 26.0. The molecule has 6 aromatic rings. The third kappa shape index (κ3) is 8.57. The van der Waals surface area contributed by atoms with Crippen molar-refractivity contribution in [3.05, 3.63) is 155 Å². The van der Waals surface area contributed by atoms with Crippen LogP contribution in [-0.2, 0) is 29.4 Å². The summed E-state index contributed by atoms with van der Waals surface area (Å²) in [5.41, 5.74) is 8.37. The Kier molecular flexibility index (Phi) is 11.4. The van der Waals surface area contributed by atoms with Crippen molar-refractivity contribution < 1.29 is 18.6 Å². The molecule has 0 atom stereocenters. The molecule has 0 fully saturated rings. The van der Waals surface area contributed by atoms with Gasteiger partial charge in [-0.05, 0) is 24.7 Å². The van der Waals surface area contributed by atoms with Gasteiger partial charge in [0, 0.05) is 0 Å². The predicted molar refractivity (Wildman–Crippen MR) is 194 cm³/mol. The molecule has 0 saturated carbocycles. The van der Waals surface area contributed by atoms with E-state index in [2.05, 4.69) is 110 Å². The Morgan fingerprint density at radius 3 is 1.25 bits per heavy atom. The fourth-order valence-electron chi connectivity index (χ4n) is 5.86. The van der Waals surface area contributed by atoms with Gasteiger partial charge in [-0.3, -0.25) is 0 Å². The van der Waals surface area contributed by atoms with Crippen LogP contribution in [0.4, 0.5) is 0 Å². The van der Waals surface area contributed by atoms with Crippen LogP contribution in [0.15, 0.2) is 121 Å². The number of hydrogen-bond acceptors (Lipinski definition) is 0. The summed E-state index contributed by atoms with van der Waals surface area (Å²) < 4.78 is 1.16. The van der Waals surface area contributed by atoms with E-state index in [1.807, 2.05) is 66.7 Å². The minimum Gasteiger partial charge on any atom is -0.214 e. The van der Waals surface area contributed by atoms with E-state index in [-0.39, 0.29) is 10.8 Å². The molecule has 0 heterocycles. The Bertz CT molecular complexity index is 1690. The molecule has 0 aliphatic rings. The van der Waals surface area contributed by atoms with E-state index in [1.54, 1.807) is 0 Å². The van der Waals surface area contributed by atoms with E-state index >= 15 is 0 Å². The summed E-state index contributed by atoms with van der Waals surface area (Å²) in [6.07, 6.45) is 0. The van der Waals surface area contributed by atoms with Crippen LogP contribution in [0.2, 0.25) is 0 Å². The van der Waals surface area contributed by atoms with Gasteiger partial charge in [0.1, 0.15) is 0 Å². The Balaban J connectivity index is 0.000000181. The molecule has 0 unspecified atom stereocenters. The van der Waals surface area contributed by atoms with Crippen molar-refractivity contribution in [2.75, 3.05) is 0 Å². The maximum absolute atomic E-state index is 6.25. The Morgan fingerprint density at radius 2 is 0.955 bits per heavy atom. The molecule has 0 aliphatic carbocycles. The van der Waals surface area contributed by atoms with E-state index in [4.69, 9.17) is 17.2 Å². The van der Waals surface area contributed by atoms with Crippen LogP contribution in [0.1, 0.15) is 74.9 Å². The average Bonchev–Trinajstić information content (AvgIpc) is 3.64. The van der Waals surface area contributed by atoms with Gasteiger partial charge in [-0.1, -0.05) is 75.9 Å². The normalized spacial score (nSPS) is 11.4. The van der Waals surface area contributed by atoms with Crippen LogP contribution >= 0.6 is 17.2 Å². The summed E-state index contributed by atoms with van der Waals surface area (Å²) >= 11 is -2.60. The third-order valence-electron chi connectivity index (χ3n) is 7.88. The molecule has 6 rings (SSSR count). The van der Waals surface area contributed by atoms with Gasteiger partial charge in [-0.15, -0.1) is 39.7 Å². The summed E-state index contributed by atoms with van der Waals surface area (Å²) in [7, 11) is 12.5. The molecule has 0 bridgehead atoms. The Labute approximate surface area is 279 Å². The van der Waals surface area contributed by atoms with Crippen molar-refractivity contribution in [3.63, 3.8) is 0 Å². The molecule has 0 amide bonds. The number of benzene rings is 4. The van der Waals surface area contributed by atoms with Gasteiger partial charge < -0.3 is 0 Å². The first-order chi connectivity index (χ1) is 20.8. The molecule has 6 aromatic carbocycles. The summed E-state index contributed by atoms with van der Waals surface area (Å²) in [5, 5.41) is 5.55. The van der Waals surface area contributed by atoms with Crippen molar-refractivity contribution >= 4 is 42.0 Å². The molecule has 0 saturated heterocycles. The zero-order valence-electron chi connectivity index (χ0n) is 27.3. The van der Waals surface area contributed by atoms with E-state index in [9.17, 15) is 0 Å². The van der Waals surface area contributed by atoms with Gasteiger partial charge in [0.2, 0.25) is 0 Å². The number of hydrogen-bond donors (Lipinski definition) is 0. The van der Waals surface area contributed by atoms with Crippen LogP contribution in [0, 0.1) is 13.8 Å². The quantitative estimate of drug-likeness (QED) is 0.121. The summed E-state index contributed by atoms with van der Waals surface area (Å²) in [5.74, 6) is 0. The topological polar surface area (TPSA) is 0 Å². The number of aryl methyl sites for hydroxylation is 2. The molecule has 0 radical (unpaired) electrons. The van der Waals surface area contributed by atoms with Crippen LogP contribution < -0.4 is 0 Å². The fourth-order valence-corrected chi connectivity index (χ4v) is 12.2. The van der Waals surface area contributed by atoms with Gasteiger partial charge in [-0.2, -0.15) is 18.2 Å². The van der Waals surface area contributed by atoms with Crippen LogP contribution in [0.3, 0.4) is 0 Å². The van der Waals surface area contributed by atoms with Gasteiger partial charge in [0.15, 0.2) is 0 Å². The maximum atomic E-state index is 6.25. The van der Waals surface area contributed by atoms with Crippen molar-refractivity contribution in [3.8, 4) is 0 Å². The second-order valence-electron chi connectivity index (χ2n) is 13.5. The van der Waals surface area contributed by atoms with E-state index < -0.39 is 18.6 Å². The first kappa shape index (κ1) is 34.3. The molecule has 0 N–H and O–H groups in total. The largest absolute Gasteiger partial charge is 0.214 e. The van der Waals surface area contributed by atoms with Gasteiger partial charge in [0.05, 0.1) is 0 Å². The van der Waals surface area contributed by atoms with Crippen molar-refractivity contribution in [1.82, 2.24) is 0 Å². The van der Waals surface area contributed by atoms with E-state index in [1.165, 1.54) is 43.8 Å². The van der Waals surface area contributed by atoms with Crippen molar-refractivity contribution in [2.45, 2.75) is 66.2 Å². The van der Waals surface area contributed by atoms with Crippen LogP contribution in [0.5, 0.6) is 0 Å². The summed E-state index contributed by atoms with van der Waals surface area (Å²) in [6, 6.07) is 42.3. The molecular weight excluding hydrogens is 742 g/mol. The minimum atomic E-state index is -2.60. The van der Waals surface area contributed by atoms with Gasteiger partial charge in [0.25, 0.3) is 0 Å². The number of halogens is 2. The van der Waals surface area contributed by atoms with Crippen LogP contribution in [0.25, 0.3) is 21.5 Å². The molecule has 0 aromatic heterocycles. The maximum Gasteiger partial charge on any atom is -0.172 e. The van der Waals surface area contributed by atoms with Crippen LogP contribution in [-0.4, -0.2) is 3.26 Å². The zero-order chi connectivity index (χ0) is 32.1. The smallest absolute Gasteiger partial charge is 0.172 e. The molecule has 3 heteroatoms. The second-order valence-corrected chi connectivity index (χ2v) is 24.9. The second kappa shape index (κ2) is 14.7.